The Morgan fingerprint density at radius 2 is 1.70 bits per heavy atom. The standard InChI is InChI=1S/C18H35NO/c1-3-13-19-17(16-10-5-6-11-16)14-20-18-12-8-7-9-15(18)4-2/h15-19H,3-14H2,1-2H3. The van der Waals surface area contributed by atoms with Gasteiger partial charge >= 0.3 is 0 Å². The molecule has 0 aromatic carbocycles. The Bertz CT molecular complexity index is 250. The van der Waals surface area contributed by atoms with Crippen LogP contribution in [0, 0.1) is 11.8 Å². The second kappa shape index (κ2) is 9.04. The molecule has 0 heterocycles. The van der Waals surface area contributed by atoms with E-state index in [-0.39, 0.29) is 0 Å². The average Bonchev–Trinajstić information content (AvgIpc) is 3.02. The summed E-state index contributed by atoms with van der Waals surface area (Å²) in [5.41, 5.74) is 0. The molecule has 3 atom stereocenters. The SMILES string of the molecule is CCCNC(COC1CCCCC1CC)C1CCCC1. The Balaban J connectivity index is 1.80. The Kier molecular flexibility index (Phi) is 7.37. The minimum atomic E-state index is 0.543. The van der Waals surface area contributed by atoms with Gasteiger partial charge in [-0.1, -0.05) is 46.0 Å². The smallest absolute Gasteiger partial charge is 0.0626 e. The zero-order chi connectivity index (χ0) is 14.2. The van der Waals surface area contributed by atoms with Gasteiger partial charge in [0.2, 0.25) is 0 Å². The van der Waals surface area contributed by atoms with Gasteiger partial charge in [-0.2, -0.15) is 0 Å². The van der Waals surface area contributed by atoms with Crippen molar-refractivity contribution in [3.63, 3.8) is 0 Å². The maximum Gasteiger partial charge on any atom is 0.0626 e. The van der Waals surface area contributed by atoms with Crippen molar-refractivity contribution in [3.8, 4) is 0 Å². The van der Waals surface area contributed by atoms with Crippen molar-refractivity contribution in [1.82, 2.24) is 5.32 Å². The lowest BCUT2D eigenvalue weighted by Crippen LogP contribution is -2.42. The molecule has 0 amide bonds. The third-order valence-corrected chi connectivity index (χ3v) is 5.48. The van der Waals surface area contributed by atoms with Gasteiger partial charge in [0.05, 0.1) is 12.7 Å². The van der Waals surface area contributed by atoms with Gasteiger partial charge in [-0.05, 0) is 50.5 Å². The lowest BCUT2D eigenvalue weighted by Gasteiger charge is -2.33. The molecule has 2 saturated carbocycles. The van der Waals surface area contributed by atoms with Crippen molar-refractivity contribution < 1.29 is 4.74 Å². The Morgan fingerprint density at radius 3 is 2.40 bits per heavy atom. The monoisotopic (exact) mass is 281 g/mol. The number of hydrogen-bond acceptors (Lipinski definition) is 2. The van der Waals surface area contributed by atoms with Crippen LogP contribution in [0.5, 0.6) is 0 Å². The molecule has 0 bridgehead atoms. The molecular weight excluding hydrogens is 246 g/mol. The van der Waals surface area contributed by atoms with Crippen LogP contribution in [0.3, 0.4) is 0 Å². The molecule has 2 fully saturated rings. The first-order valence-electron chi connectivity index (χ1n) is 9.20. The summed E-state index contributed by atoms with van der Waals surface area (Å²) < 4.78 is 6.40. The summed E-state index contributed by atoms with van der Waals surface area (Å²) in [6.45, 7) is 6.68. The molecule has 1 N–H and O–H groups in total. The van der Waals surface area contributed by atoms with Crippen molar-refractivity contribution in [1.29, 1.82) is 0 Å². The van der Waals surface area contributed by atoms with Crippen LogP contribution in [0.2, 0.25) is 0 Å². The first-order chi connectivity index (χ1) is 9.85. The molecule has 20 heavy (non-hydrogen) atoms. The van der Waals surface area contributed by atoms with Crippen LogP contribution in [0.1, 0.15) is 78.1 Å². The van der Waals surface area contributed by atoms with E-state index in [0.717, 1.165) is 25.0 Å². The van der Waals surface area contributed by atoms with Crippen molar-refractivity contribution >= 4 is 0 Å². The molecular formula is C18H35NO. The van der Waals surface area contributed by atoms with Crippen LogP contribution >= 0.6 is 0 Å². The summed E-state index contributed by atoms with van der Waals surface area (Å²) in [6, 6.07) is 0.608. The maximum atomic E-state index is 6.40. The van der Waals surface area contributed by atoms with Crippen molar-refractivity contribution in [3.05, 3.63) is 0 Å². The van der Waals surface area contributed by atoms with Gasteiger partial charge in [-0.25, -0.2) is 0 Å². The largest absolute Gasteiger partial charge is 0.376 e. The van der Waals surface area contributed by atoms with E-state index >= 15 is 0 Å². The lowest BCUT2D eigenvalue weighted by molar-refractivity contribution is -0.0276. The minimum absolute atomic E-state index is 0.543. The molecule has 2 aliphatic rings. The zero-order valence-electron chi connectivity index (χ0n) is 13.7. The third kappa shape index (κ3) is 4.73. The molecule has 0 radical (unpaired) electrons. The van der Waals surface area contributed by atoms with Gasteiger partial charge in [-0.15, -0.1) is 0 Å². The fourth-order valence-electron chi connectivity index (χ4n) is 4.14. The number of rotatable bonds is 8. The molecule has 2 rings (SSSR count). The van der Waals surface area contributed by atoms with Crippen molar-refractivity contribution in [2.45, 2.75) is 90.2 Å². The highest BCUT2D eigenvalue weighted by Crippen LogP contribution is 2.31. The van der Waals surface area contributed by atoms with E-state index < -0.39 is 0 Å². The van der Waals surface area contributed by atoms with E-state index in [0.29, 0.717) is 12.1 Å². The Hall–Kier alpha value is -0.0800. The summed E-state index contributed by atoms with van der Waals surface area (Å²) >= 11 is 0. The molecule has 0 saturated heterocycles. The fraction of sp³-hybridized carbons (Fsp3) is 1.00. The summed E-state index contributed by atoms with van der Waals surface area (Å²) in [7, 11) is 0. The molecule has 0 aromatic rings. The summed E-state index contributed by atoms with van der Waals surface area (Å²) in [5, 5.41) is 3.76. The average molecular weight is 281 g/mol. The summed E-state index contributed by atoms with van der Waals surface area (Å²) in [4.78, 5) is 0. The van der Waals surface area contributed by atoms with E-state index in [9.17, 15) is 0 Å². The lowest BCUT2D eigenvalue weighted by atomic mass is 9.84. The summed E-state index contributed by atoms with van der Waals surface area (Å²) in [6.07, 6.45) is 14.2. The van der Waals surface area contributed by atoms with Gasteiger partial charge in [0.15, 0.2) is 0 Å². The fourth-order valence-corrected chi connectivity index (χ4v) is 4.14. The molecule has 2 heteroatoms. The Morgan fingerprint density at radius 1 is 1.00 bits per heavy atom. The van der Waals surface area contributed by atoms with E-state index in [2.05, 4.69) is 19.2 Å². The summed E-state index contributed by atoms with van der Waals surface area (Å²) in [5.74, 6) is 1.68. The highest BCUT2D eigenvalue weighted by atomic mass is 16.5. The normalized spacial score (nSPS) is 29.7. The van der Waals surface area contributed by atoms with Crippen LogP contribution in [0.4, 0.5) is 0 Å². The van der Waals surface area contributed by atoms with Gasteiger partial charge in [0.1, 0.15) is 0 Å². The van der Waals surface area contributed by atoms with E-state index in [1.807, 2.05) is 0 Å². The number of hydrogen-bond donors (Lipinski definition) is 1. The van der Waals surface area contributed by atoms with Crippen LogP contribution in [-0.4, -0.2) is 25.3 Å². The van der Waals surface area contributed by atoms with E-state index in [1.165, 1.54) is 64.2 Å². The van der Waals surface area contributed by atoms with E-state index in [4.69, 9.17) is 4.74 Å². The van der Waals surface area contributed by atoms with Crippen LogP contribution < -0.4 is 5.32 Å². The van der Waals surface area contributed by atoms with Gasteiger partial charge in [-0.3, -0.25) is 0 Å². The van der Waals surface area contributed by atoms with Gasteiger partial charge in [0, 0.05) is 6.04 Å². The second-order valence-electron chi connectivity index (χ2n) is 6.93. The second-order valence-corrected chi connectivity index (χ2v) is 6.93. The minimum Gasteiger partial charge on any atom is -0.376 e. The van der Waals surface area contributed by atoms with Crippen LogP contribution in [0.15, 0.2) is 0 Å². The zero-order valence-corrected chi connectivity index (χ0v) is 13.7. The molecule has 3 unspecified atom stereocenters. The number of nitrogens with one attached hydrogen (secondary N) is 1. The maximum absolute atomic E-state index is 6.40. The van der Waals surface area contributed by atoms with Crippen LogP contribution in [-0.2, 0) is 4.74 Å². The quantitative estimate of drug-likeness (QED) is 0.706. The predicted octanol–water partition coefficient (Wildman–Crippen LogP) is 4.53. The molecule has 0 aromatic heterocycles. The third-order valence-electron chi connectivity index (χ3n) is 5.48. The highest BCUT2D eigenvalue weighted by Gasteiger charge is 2.28. The molecule has 0 aliphatic heterocycles. The highest BCUT2D eigenvalue weighted by molar-refractivity contribution is 4.82. The predicted molar refractivity (Wildman–Crippen MR) is 86.0 cm³/mol. The first kappa shape index (κ1) is 16.3. The van der Waals surface area contributed by atoms with Crippen molar-refractivity contribution in [2.75, 3.05) is 13.2 Å². The van der Waals surface area contributed by atoms with Gasteiger partial charge in [0.25, 0.3) is 0 Å². The van der Waals surface area contributed by atoms with Gasteiger partial charge < -0.3 is 10.1 Å². The first-order valence-corrected chi connectivity index (χ1v) is 9.20. The Labute approximate surface area is 126 Å². The van der Waals surface area contributed by atoms with Crippen molar-refractivity contribution in [2.24, 2.45) is 11.8 Å². The molecule has 2 aliphatic carbocycles. The van der Waals surface area contributed by atoms with Crippen LogP contribution in [0.25, 0.3) is 0 Å². The topological polar surface area (TPSA) is 21.3 Å². The van der Waals surface area contributed by atoms with E-state index in [1.54, 1.807) is 0 Å². The molecule has 0 spiro atoms. The number of ether oxygens (including phenoxy) is 1. The molecule has 118 valence electrons. The molecule has 2 nitrogen and oxygen atoms in total.